The Balaban J connectivity index is 1.80. The van der Waals surface area contributed by atoms with E-state index >= 15 is 0 Å². The number of ether oxygens (including phenoxy) is 1. The summed E-state index contributed by atoms with van der Waals surface area (Å²) < 4.78 is 5.22. The molecular weight excluding hydrogens is 310 g/mol. The molecule has 1 aliphatic heterocycles. The van der Waals surface area contributed by atoms with Gasteiger partial charge in [-0.05, 0) is 42.2 Å². The van der Waals surface area contributed by atoms with Crippen molar-refractivity contribution in [3.8, 4) is 5.75 Å². The van der Waals surface area contributed by atoms with Gasteiger partial charge in [-0.1, -0.05) is 32.9 Å². The zero-order valence-electron chi connectivity index (χ0n) is 16.2. The molecule has 1 aromatic rings. The van der Waals surface area contributed by atoms with Crippen molar-refractivity contribution in [3.63, 3.8) is 0 Å². The highest BCUT2D eigenvalue weighted by Gasteiger charge is 2.45. The first-order chi connectivity index (χ1) is 11.9. The van der Waals surface area contributed by atoms with E-state index in [2.05, 4.69) is 51.1 Å². The molecule has 0 bridgehead atoms. The molecule has 0 fully saturated rings. The van der Waals surface area contributed by atoms with Gasteiger partial charge in [0.05, 0.1) is 18.8 Å². The third-order valence-electron chi connectivity index (χ3n) is 5.57. The Labute approximate surface area is 151 Å². The number of nitrogens with zero attached hydrogens (tertiary/aromatic N) is 3. The number of anilines is 1. The van der Waals surface area contributed by atoms with E-state index in [9.17, 15) is 0 Å². The Morgan fingerprint density at radius 2 is 1.96 bits per heavy atom. The lowest BCUT2D eigenvalue weighted by molar-refractivity contribution is 0.278. The first-order valence-corrected chi connectivity index (χ1v) is 8.92. The fourth-order valence-corrected chi connectivity index (χ4v) is 4.04. The van der Waals surface area contributed by atoms with Gasteiger partial charge in [-0.3, -0.25) is 5.01 Å². The minimum Gasteiger partial charge on any atom is -0.497 e. The van der Waals surface area contributed by atoms with Crippen LogP contribution in [0.2, 0.25) is 0 Å². The molecule has 4 nitrogen and oxygen atoms in total. The van der Waals surface area contributed by atoms with E-state index in [1.807, 2.05) is 36.3 Å². The predicted octanol–water partition coefficient (Wildman–Crippen LogP) is 4.31. The van der Waals surface area contributed by atoms with Gasteiger partial charge < -0.3 is 9.64 Å². The second kappa shape index (κ2) is 6.58. The van der Waals surface area contributed by atoms with Crippen molar-refractivity contribution < 1.29 is 4.74 Å². The number of benzene rings is 1. The third-order valence-corrected chi connectivity index (χ3v) is 5.57. The topological polar surface area (TPSA) is 28.1 Å². The molecule has 0 N–H and O–H groups in total. The van der Waals surface area contributed by atoms with Gasteiger partial charge in [-0.2, -0.15) is 5.10 Å². The van der Waals surface area contributed by atoms with Crippen molar-refractivity contribution >= 4 is 11.9 Å². The zero-order chi connectivity index (χ0) is 18.2. The highest BCUT2D eigenvalue weighted by molar-refractivity contribution is 5.71. The number of hydrogen-bond acceptors (Lipinski definition) is 4. The minimum absolute atomic E-state index is 0.0551. The Hall–Kier alpha value is -2.23. The van der Waals surface area contributed by atoms with Crippen LogP contribution in [0.3, 0.4) is 0 Å². The molecule has 0 saturated heterocycles. The van der Waals surface area contributed by atoms with Crippen LogP contribution in [-0.4, -0.2) is 38.4 Å². The van der Waals surface area contributed by atoms with Crippen LogP contribution in [0.1, 0.15) is 27.2 Å². The quantitative estimate of drug-likeness (QED) is 0.604. The zero-order valence-corrected chi connectivity index (χ0v) is 16.2. The molecule has 2 unspecified atom stereocenters. The number of allylic oxidation sites excluding steroid dienone is 3. The van der Waals surface area contributed by atoms with E-state index in [1.165, 1.54) is 11.3 Å². The first-order valence-electron chi connectivity index (χ1n) is 8.92. The molecule has 0 spiro atoms. The number of rotatable bonds is 4. The molecule has 25 heavy (non-hydrogen) atoms. The summed E-state index contributed by atoms with van der Waals surface area (Å²) in [6, 6.07) is 8.21. The van der Waals surface area contributed by atoms with Gasteiger partial charge in [0.1, 0.15) is 5.75 Å². The van der Waals surface area contributed by atoms with Crippen molar-refractivity contribution in [2.45, 2.75) is 33.2 Å². The average Bonchev–Trinajstić information content (AvgIpc) is 2.80. The van der Waals surface area contributed by atoms with Crippen LogP contribution >= 0.6 is 0 Å². The molecule has 1 heterocycles. The van der Waals surface area contributed by atoms with Crippen molar-refractivity contribution in [1.82, 2.24) is 4.90 Å². The van der Waals surface area contributed by atoms with Crippen LogP contribution in [0.25, 0.3) is 0 Å². The molecule has 3 rings (SSSR count). The Kier molecular flexibility index (Phi) is 4.63. The van der Waals surface area contributed by atoms with Crippen LogP contribution in [0.5, 0.6) is 5.75 Å². The maximum Gasteiger partial charge on any atom is 0.119 e. The summed E-state index contributed by atoms with van der Waals surface area (Å²) in [5.74, 6) is 1.43. The van der Waals surface area contributed by atoms with Crippen LogP contribution in [0.15, 0.2) is 52.8 Å². The first kappa shape index (κ1) is 17.6. The van der Waals surface area contributed by atoms with Crippen LogP contribution < -0.4 is 9.75 Å². The van der Waals surface area contributed by atoms with E-state index < -0.39 is 0 Å². The normalized spacial score (nSPS) is 24.8. The van der Waals surface area contributed by atoms with Gasteiger partial charge in [0, 0.05) is 31.4 Å². The van der Waals surface area contributed by atoms with Crippen LogP contribution in [0, 0.1) is 11.3 Å². The highest BCUT2D eigenvalue weighted by atomic mass is 16.5. The smallest absolute Gasteiger partial charge is 0.119 e. The lowest BCUT2D eigenvalue weighted by Gasteiger charge is -2.31. The lowest BCUT2D eigenvalue weighted by atomic mass is 9.77. The predicted molar refractivity (Wildman–Crippen MR) is 105 cm³/mol. The molecular formula is C21H29N3O. The maximum absolute atomic E-state index is 5.22. The fourth-order valence-electron chi connectivity index (χ4n) is 4.04. The fraction of sp³-hybridized carbons (Fsp3) is 0.476. The minimum atomic E-state index is 0.0551. The maximum atomic E-state index is 5.22. The van der Waals surface area contributed by atoms with Gasteiger partial charge in [0.25, 0.3) is 0 Å². The van der Waals surface area contributed by atoms with E-state index in [1.54, 1.807) is 7.11 Å². The second-order valence-electron chi connectivity index (χ2n) is 7.60. The summed E-state index contributed by atoms with van der Waals surface area (Å²) >= 11 is 0. The van der Waals surface area contributed by atoms with Gasteiger partial charge >= 0.3 is 0 Å². The van der Waals surface area contributed by atoms with Gasteiger partial charge in [0.15, 0.2) is 0 Å². The van der Waals surface area contributed by atoms with Crippen LogP contribution in [-0.2, 0) is 0 Å². The van der Waals surface area contributed by atoms with Gasteiger partial charge in [-0.25, -0.2) is 0 Å². The van der Waals surface area contributed by atoms with E-state index in [4.69, 9.17) is 9.84 Å². The average molecular weight is 339 g/mol. The molecule has 0 amide bonds. The van der Waals surface area contributed by atoms with Gasteiger partial charge in [0.2, 0.25) is 0 Å². The SMILES string of the molecule is COc1ccc(N(C)/N=C/C2N(C)C3=C(C=CCC3C)C2(C)C)cc1. The van der Waals surface area contributed by atoms with Crippen molar-refractivity contribution in [2.75, 3.05) is 26.2 Å². The summed E-state index contributed by atoms with van der Waals surface area (Å²) in [4.78, 5) is 2.41. The summed E-state index contributed by atoms with van der Waals surface area (Å²) in [7, 11) is 5.86. The molecule has 0 aromatic heterocycles. The Morgan fingerprint density at radius 3 is 2.56 bits per heavy atom. The van der Waals surface area contributed by atoms with Crippen LogP contribution in [0.4, 0.5) is 5.69 Å². The molecule has 1 aromatic carbocycles. The largest absolute Gasteiger partial charge is 0.497 e. The molecule has 1 aliphatic carbocycles. The van der Waals surface area contributed by atoms with E-state index in [-0.39, 0.29) is 11.5 Å². The molecule has 4 heteroatoms. The number of hydrogen-bond donors (Lipinski definition) is 0. The summed E-state index contributed by atoms with van der Waals surface area (Å²) in [6.07, 6.45) is 7.83. The highest BCUT2D eigenvalue weighted by Crippen LogP contribution is 2.47. The Morgan fingerprint density at radius 1 is 1.28 bits per heavy atom. The van der Waals surface area contributed by atoms with Crippen molar-refractivity contribution in [2.24, 2.45) is 16.4 Å². The van der Waals surface area contributed by atoms with E-state index in [0.717, 1.165) is 17.9 Å². The van der Waals surface area contributed by atoms with Crippen molar-refractivity contribution in [1.29, 1.82) is 0 Å². The molecule has 0 radical (unpaired) electrons. The third kappa shape index (κ3) is 3.06. The van der Waals surface area contributed by atoms with Gasteiger partial charge in [-0.15, -0.1) is 0 Å². The summed E-state index contributed by atoms with van der Waals surface area (Å²) in [6.45, 7) is 6.95. The molecule has 0 saturated carbocycles. The monoisotopic (exact) mass is 339 g/mol. The molecule has 2 atom stereocenters. The second-order valence-corrected chi connectivity index (χ2v) is 7.60. The Bertz CT molecular complexity index is 715. The van der Waals surface area contributed by atoms with E-state index in [0.29, 0.717) is 5.92 Å². The summed E-state index contributed by atoms with van der Waals surface area (Å²) in [5, 5.41) is 6.65. The molecule has 2 aliphatic rings. The lowest BCUT2D eigenvalue weighted by Crippen LogP contribution is -2.38. The summed E-state index contributed by atoms with van der Waals surface area (Å²) in [5.41, 5.74) is 4.02. The molecule has 134 valence electrons. The van der Waals surface area contributed by atoms with Crippen molar-refractivity contribution in [3.05, 3.63) is 47.7 Å². The number of hydrazone groups is 1. The standard InChI is InChI=1S/C21H29N3O/c1-15-8-7-9-18-20(15)23(4)19(21(18,2)3)14-22-24(5)16-10-12-17(25-6)13-11-16/h7,9-15,19H,8H2,1-6H3/b22-14+. The number of methoxy groups -OCH3 is 1.